The lowest BCUT2D eigenvalue weighted by Gasteiger charge is -2.37. The van der Waals surface area contributed by atoms with Crippen molar-refractivity contribution in [1.82, 2.24) is 4.90 Å². The summed E-state index contributed by atoms with van der Waals surface area (Å²) in [6, 6.07) is 9.46. The van der Waals surface area contributed by atoms with Crippen molar-refractivity contribution >= 4 is 5.69 Å². The predicted molar refractivity (Wildman–Crippen MR) is 70.1 cm³/mol. The van der Waals surface area contributed by atoms with Gasteiger partial charge in [-0.25, -0.2) is 0 Å². The van der Waals surface area contributed by atoms with Crippen LogP contribution in [0.2, 0.25) is 0 Å². The number of piperidine rings is 1. The summed E-state index contributed by atoms with van der Waals surface area (Å²) in [6.45, 7) is 4.58. The van der Waals surface area contributed by atoms with Gasteiger partial charge in [-0.05, 0) is 45.5 Å². The molecule has 0 radical (unpaired) electrons. The molecule has 0 bridgehead atoms. The zero-order chi connectivity index (χ0) is 11.5. The molecule has 2 rings (SSSR count). The van der Waals surface area contributed by atoms with Gasteiger partial charge in [-0.15, -0.1) is 0 Å². The Morgan fingerprint density at radius 1 is 1.12 bits per heavy atom. The van der Waals surface area contributed by atoms with Crippen LogP contribution >= 0.6 is 0 Å². The molecule has 1 aliphatic rings. The molecule has 0 aromatic heterocycles. The van der Waals surface area contributed by atoms with Gasteiger partial charge < -0.3 is 9.80 Å². The van der Waals surface area contributed by atoms with E-state index < -0.39 is 0 Å². The van der Waals surface area contributed by atoms with Gasteiger partial charge in [-0.3, -0.25) is 0 Å². The summed E-state index contributed by atoms with van der Waals surface area (Å²) in [7, 11) is 4.38. The zero-order valence-corrected chi connectivity index (χ0v) is 10.6. The second-order valence-electron chi connectivity index (χ2n) is 4.97. The van der Waals surface area contributed by atoms with E-state index >= 15 is 0 Å². The molecule has 0 unspecified atom stereocenters. The van der Waals surface area contributed by atoms with Crippen molar-refractivity contribution in [3.63, 3.8) is 0 Å². The van der Waals surface area contributed by atoms with Crippen molar-refractivity contribution in [3.8, 4) is 0 Å². The monoisotopic (exact) mass is 218 g/mol. The lowest BCUT2D eigenvalue weighted by molar-refractivity contribution is 0.249. The Morgan fingerprint density at radius 3 is 2.31 bits per heavy atom. The molecule has 2 nitrogen and oxygen atoms in total. The summed E-state index contributed by atoms with van der Waals surface area (Å²) in [5.74, 6) is 0. The molecule has 0 saturated carbocycles. The second kappa shape index (κ2) is 4.88. The molecule has 1 heterocycles. The van der Waals surface area contributed by atoms with E-state index in [-0.39, 0.29) is 0 Å². The molecular weight excluding hydrogens is 196 g/mol. The minimum Gasteiger partial charge on any atom is -0.371 e. The molecule has 1 fully saturated rings. The molecule has 0 atom stereocenters. The normalized spacial score (nSPS) is 18.1. The lowest BCUT2D eigenvalue weighted by atomic mass is 10.0. The van der Waals surface area contributed by atoms with Crippen molar-refractivity contribution in [1.29, 1.82) is 0 Å². The molecule has 0 spiro atoms. The molecule has 1 aromatic rings. The van der Waals surface area contributed by atoms with Crippen molar-refractivity contribution in [2.45, 2.75) is 25.8 Å². The van der Waals surface area contributed by atoms with Gasteiger partial charge in [0.15, 0.2) is 0 Å². The molecule has 2 heteroatoms. The summed E-state index contributed by atoms with van der Waals surface area (Å²) < 4.78 is 0. The fourth-order valence-electron chi connectivity index (χ4n) is 2.54. The number of nitrogens with zero attached hydrogens (tertiary/aromatic N) is 2. The number of anilines is 1. The highest BCUT2D eigenvalue weighted by Gasteiger charge is 2.21. The molecule has 0 amide bonds. The van der Waals surface area contributed by atoms with Crippen LogP contribution in [0.5, 0.6) is 0 Å². The molecule has 1 aromatic carbocycles. The van der Waals surface area contributed by atoms with Crippen LogP contribution in [0.15, 0.2) is 24.3 Å². The van der Waals surface area contributed by atoms with E-state index in [1.54, 1.807) is 0 Å². The van der Waals surface area contributed by atoms with Gasteiger partial charge in [-0.1, -0.05) is 18.2 Å². The molecule has 88 valence electrons. The standard InChI is InChI=1S/C14H22N2/c1-12-6-4-5-7-14(12)16-10-8-13(9-11-16)15(2)3/h4-7,13H,8-11H2,1-3H3. The summed E-state index contributed by atoms with van der Waals surface area (Å²) in [5, 5.41) is 0. The first kappa shape index (κ1) is 11.5. The smallest absolute Gasteiger partial charge is 0.0395 e. The number of hydrogen-bond donors (Lipinski definition) is 0. The average molecular weight is 218 g/mol. The molecule has 1 aliphatic heterocycles. The Bertz CT molecular complexity index is 338. The highest BCUT2D eigenvalue weighted by molar-refractivity contribution is 5.53. The molecule has 1 saturated heterocycles. The highest BCUT2D eigenvalue weighted by Crippen LogP contribution is 2.24. The van der Waals surface area contributed by atoms with E-state index in [9.17, 15) is 0 Å². The van der Waals surface area contributed by atoms with Crippen LogP contribution in [-0.2, 0) is 0 Å². The molecule has 0 aliphatic carbocycles. The average Bonchev–Trinajstić information content (AvgIpc) is 2.30. The van der Waals surface area contributed by atoms with Crippen LogP contribution in [0.3, 0.4) is 0 Å². The van der Waals surface area contributed by atoms with Crippen LogP contribution in [0.25, 0.3) is 0 Å². The van der Waals surface area contributed by atoms with E-state index in [4.69, 9.17) is 0 Å². The minimum absolute atomic E-state index is 0.764. The summed E-state index contributed by atoms with van der Waals surface area (Å²) in [6.07, 6.45) is 2.56. The number of hydrogen-bond acceptors (Lipinski definition) is 2. The first-order chi connectivity index (χ1) is 7.68. The third-order valence-electron chi connectivity index (χ3n) is 3.65. The molecule has 0 N–H and O–H groups in total. The Balaban J connectivity index is 2.02. The lowest BCUT2D eigenvalue weighted by Crippen LogP contribution is -2.42. The van der Waals surface area contributed by atoms with Gasteiger partial charge in [0.05, 0.1) is 0 Å². The Labute approximate surface area is 98.9 Å². The fourth-order valence-corrected chi connectivity index (χ4v) is 2.54. The molecular formula is C14H22N2. The maximum atomic E-state index is 2.52. The quantitative estimate of drug-likeness (QED) is 0.752. The SMILES string of the molecule is Cc1ccccc1N1CCC(N(C)C)CC1. The van der Waals surface area contributed by atoms with E-state index in [1.807, 2.05) is 0 Å². The largest absolute Gasteiger partial charge is 0.371 e. The first-order valence-electron chi connectivity index (χ1n) is 6.15. The summed E-state index contributed by atoms with van der Waals surface area (Å²) in [5.41, 5.74) is 2.81. The Hall–Kier alpha value is -1.02. The highest BCUT2D eigenvalue weighted by atomic mass is 15.2. The number of rotatable bonds is 2. The van der Waals surface area contributed by atoms with Crippen LogP contribution in [0.1, 0.15) is 18.4 Å². The maximum Gasteiger partial charge on any atom is 0.0395 e. The Kier molecular flexibility index (Phi) is 3.49. The predicted octanol–water partition coefficient (Wildman–Crippen LogP) is 2.53. The topological polar surface area (TPSA) is 6.48 Å². The van der Waals surface area contributed by atoms with Crippen molar-refractivity contribution in [2.24, 2.45) is 0 Å². The van der Waals surface area contributed by atoms with Crippen molar-refractivity contribution in [2.75, 3.05) is 32.1 Å². The van der Waals surface area contributed by atoms with E-state index in [0.717, 1.165) is 6.04 Å². The van der Waals surface area contributed by atoms with E-state index in [1.165, 1.54) is 37.2 Å². The van der Waals surface area contributed by atoms with E-state index in [2.05, 4.69) is 55.1 Å². The van der Waals surface area contributed by atoms with Crippen LogP contribution in [0.4, 0.5) is 5.69 Å². The Morgan fingerprint density at radius 2 is 1.75 bits per heavy atom. The number of aryl methyl sites for hydroxylation is 1. The van der Waals surface area contributed by atoms with Crippen molar-refractivity contribution in [3.05, 3.63) is 29.8 Å². The first-order valence-corrected chi connectivity index (χ1v) is 6.15. The van der Waals surface area contributed by atoms with Crippen LogP contribution in [-0.4, -0.2) is 38.1 Å². The number of para-hydroxylation sites is 1. The second-order valence-corrected chi connectivity index (χ2v) is 4.97. The summed E-state index contributed by atoms with van der Waals surface area (Å²) in [4.78, 5) is 4.88. The van der Waals surface area contributed by atoms with Gasteiger partial charge in [0.1, 0.15) is 0 Å². The van der Waals surface area contributed by atoms with Gasteiger partial charge in [0.25, 0.3) is 0 Å². The van der Waals surface area contributed by atoms with Gasteiger partial charge in [0, 0.05) is 24.8 Å². The van der Waals surface area contributed by atoms with Gasteiger partial charge in [-0.2, -0.15) is 0 Å². The number of benzene rings is 1. The van der Waals surface area contributed by atoms with E-state index in [0.29, 0.717) is 0 Å². The summed E-state index contributed by atoms with van der Waals surface area (Å²) >= 11 is 0. The maximum absolute atomic E-state index is 2.52. The molecule has 16 heavy (non-hydrogen) atoms. The van der Waals surface area contributed by atoms with Gasteiger partial charge >= 0.3 is 0 Å². The fraction of sp³-hybridized carbons (Fsp3) is 0.571. The van der Waals surface area contributed by atoms with Crippen LogP contribution < -0.4 is 4.90 Å². The third-order valence-corrected chi connectivity index (χ3v) is 3.65. The third kappa shape index (κ3) is 2.38. The van der Waals surface area contributed by atoms with Crippen molar-refractivity contribution < 1.29 is 0 Å². The zero-order valence-electron chi connectivity index (χ0n) is 10.6. The minimum atomic E-state index is 0.764. The van der Waals surface area contributed by atoms with Gasteiger partial charge in [0.2, 0.25) is 0 Å². The van der Waals surface area contributed by atoms with Crippen LogP contribution in [0, 0.1) is 6.92 Å².